The van der Waals surface area contributed by atoms with Crippen LogP contribution in [0.1, 0.15) is 24.8 Å². The van der Waals surface area contributed by atoms with Crippen LogP contribution in [0.5, 0.6) is 0 Å². The lowest BCUT2D eigenvalue weighted by atomic mass is 10.2. The van der Waals surface area contributed by atoms with Crippen LogP contribution in [0.25, 0.3) is 0 Å². The maximum Gasteiger partial charge on any atom is 0.240 e. The fourth-order valence-electron chi connectivity index (χ4n) is 2.48. The molecule has 0 amide bonds. The van der Waals surface area contributed by atoms with E-state index in [-0.39, 0.29) is 17.0 Å². The zero-order chi connectivity index (χ0) is 14.0. The molecule has 6 heteroatoms. The third-order valence-electron chi connectivity index (χ3n) is 3.42. The number of sulfonamides is 1. The molecule has 0 bridgehead atoms. The molecule has 3 N–H and O–H groups in total. The minimum Gasteiger partial charge on any atom is -0.399 e. The Bertz CT molecular complexity index is 537. The summed E-state index contributed by atoms with van der Waals surface area (Å²) in [6, 6.07) is 4.80. The number of hydrogen-bond acceptors (Lipinski definition) is 4. The second-order valence-electron chi connectivity index (χ2n) is 5.07. The van der Waals surface area contributed by atoms with E-state index < -0.39 is 10.0 Å². The summed E-state index contributed by atoms with van der Waals surface area (Å²) in [6.45, 7) is 1.83. The van der Waals surface area contributed by atoms with Crippen molar-refractivity contribution in [2.45, 2.75) is 43.2 Å². The fraction of sp³-hybridized carbons (Fsp3) is 0.538. The molecule has 2 atom stereocenters. The second-order valence-corrected chi connectivity index (χ2v) is 6.78. The van der Waals surface area contributed by atoms with Gasteiger partial charge in [-0.1, -0.05) is 0 Å². The van der Waals surface area contributed by atoms with Crippen LogP contribution in [0.3, 0.4) is 0 Å². The van der Waals surface area contributed by atoms with Crippen molar-refractivity contribution in [3.05, 3.63) is 23.8 Å². The number of hydrogen-bond donors (Lipinski definition) is 2. The second kappa shape index (κ2) is 5.48. The standard InChI is InChI=1S/C13H20N2O3S/c1-9-5-10(14)7-13(6-9)19(16,17)15-11-3-4-12(8-11)18-2/h5-7,11-12,15H,3-4,8,14H2,1-2H3. The first-order chi connectivity index (χ1) is 8.90. The van der Waals surface area contributed by atoms with E-state index in [0.29, 0.717) is 5.69 Å². The van der Waals surface area contributed by atoms with Gasteiger partial charge >= 0.3 is 0 Å². The Labute approximate surface area is 114 Å². The molecule has 0 spiro atoms. The van der Waals surface area contributed by atoms with E-state index in [0.717, 1.165) is 24.8 Å². The SMILES string of the molecule is COC1CCC(NS(=O)(=O)c2cc(C)cc(N)c2)C1. The Morgan fingerprint density at radius 3 is 2.63 bits per heavy atom. The Kier molecular flexibility index (Phi) is 4.13. The third-order valence-corrected chi connectivity index (χ3v) is 4.92. The number of nitrogens with two attached hydrogens (primary N) is 1. The summed E-state index contributed by atoms with van der Waals surface area (Å²) >= 11 is 0. The predicted molar refractivity (Wildman–Crippen MR) is 74.3 cm³/mol. The molecule has 1 saturated carbocycles. The number of methoxy groups -OCH3 is 1. The lowest BCUT2D eigenvalue weighted by molar-refractivity contribution is 0.107. The Morgan fingerprint density at radius 1 is 1.32 bits per heavy atom. The first-order valence-electron chi connectivity index (χ1n) is 6.33. The lowest BCUT2D eigenvalue weighted by Gasteiger charge is -2.14. The summed E-state index contributed by atoms with van der Waals surface area (Å²) in [5, 5.41) is 0. The van der Waals surface area contributed by atoms with Gasteiger partial charge in [0.1, 0.15) is 0 Å². The number of nitrogen functional groups attached to an aromatic ring is 1. The van der Waals surface area contributed by atoms with Gasteiger partial charge in [0.15, 0.2) is 0 Å². The van der Waals surface area contributed by atoms with Crippen LogP contribution in [0.4, 0.5) is 5.69 Å². The summed E-state index contributed by atoms with van der Waals surface area (Å²) in [5.74, 6) is 0. The molecule has 0 aliphatic heterocycles. The number of anilines is 1. The molecule has 1 aromatic rings. The van der Waals surface area contributed by atoms with E-state index in [1.165, 1.54) is 6.07 Å². The number of nitrogens with one attached hydrogen (secondary N) is 1. The number of benzene rings is 1. The number of rotatable bonds is 4. The molecular formula is C13H20N2O3S. The maximum absolute atomic E-state index is 12.3. The van der Waals surface area contributed by atoms with Crippen LogP contribution in [0, 0.1) is 6.92 Å². The topological polar surface area (TPSA) is 81.4 Å². The highest BCUT2D eigenvalue weighted by Gasteiger charge is 2.28. The summed E-state index contributed by atoms with van der Waals surface area (Å²) in [6.07, 6.45) is 2.56. The molecule has 1 aliphatic rings. The van der Waals surface area contributed by atoms with Gasteiger partial charge in [-0.05, 0) is 49.9 Å². The highest BCUT2D eigenvalue weighted by Crippen LogP contribution is 2.24. The molecular weight excluding hydrogens is 264 g/mol. The molecule has 0 radical (unpaired) electrons. The van der Waals surface area contributed by atoms with Crippen molar-refractivity contribution < 1.29 is 13.2 Å². The largest absolute Gasteiger partial charge is 0.399 e. The van der Waals surface area contributed by atoms with Gasteiger partial charge in [0.05, 0.1) is 11.0 Å². The van der Waals surface area contributed by atoms with Gasteiger partial charge in [-0.25, -0.2) is 13.1 Å². The van der Waals surface area contributed by atoms with Crippen LogP contribution in [0.15, 0.2) is 23.1 Å². The van der Waals surface area contributed by atoms with Crippen molar-refractivity contribution >= 4 is 15.7 Å². The molecule has 0 saturated heterocycles. The van der Waals surface area contributed by atoms with Crippen molar-refractivity contribution in [2.75, 3.05) is 12.8 Å². The van der Waals surface area contributed by atoms with Crippen molar-refractivity contribution in [1.82, 2.24) is 4.72 Å². The maximum atomic E-state index is 12.3. The zero-order valence-corrected chi connectivity index (χ0v) is 12.0. The van der Waals surface area contributed by atoms with E-state index in [1.807, 2.05) is 6.92 Å². The van der Waals surface area contributed by atoms with Crippen LogP contribution in [-0.4, -0.2) is 27.7 Å². The highest BCUT2D eigenvalue weighted by molar-refractivity contribution is 7.89. The van der Waals surface area contributed by atoms with E-state index in [2.05, 4.69) is 4.72 Å². The molecule has 106 valence electrons. The van der Waals surface area contributed by atoms with Crippen molar-refractivity contribution in [3.63, 3.8) is 0 Å². The molecule has 1 aromatic carbocycles. The van der Waals surface area contributed by atoms with Crippen molar-refractivity contribution in [2.24, 2.45) is 0 Å². The van der Waals surface area contributed by atoms with Crippen LogP contribution >= 0.6 is 0 Å². The zero-order valence-electron chi connectivity index (χ0n) is 11.2. The minimum atomic E-state index is -3.51. The highest BCUT2D eigenvalue weighted by atomic mass is 32.2. The first kappa shape index (κ1) is 14.3. The number of ether oxygens (including phenoxy) is 1. The summed E-state index contributed by atoms with van der Waals surface area (Å²) in [4.78, 5) is 0.228. The first-order valence-corrected chi connectivity index (χ1v) is 7.81. The summed E-state index contributed by atoms with van der Waals surface area (Å²) in [5.41, 5.74) is 6.99. The molecule has 2 unspecified atom stereocenters. The van der Waals surface area contributed by atoms with E-state index >= 15 is 0 Å². The molecule has 0 aromatic heterocycles. The molecule has 19 heavy (non-hydrogen) atoms. The van der Waals surface area contributed by atoms with Gasteiger partial charge in [0.25, 0.3) is 0 Å². The van der Waals surface area contributed by atoms with E-state index in [9.17, 15) is 8.42 Å². The lowest BCUT2D eigenvalue weighted by Crippen LogP contribution is -2.33. The van der Waals surface area contributed by atoms with Gasteiger partial charge in [-0.3, -0.25) is 0 Å². The van der Waals surface area contributed by atoms with Crippen molar-refractivity contribution in [3.8, 4) is 0 Å². The van der Waals surface area contributed by atoms with Crippen LogP contribution in [0.2, 0.25) is 0 Å². The van der Waals surface area contributed by atoms with E-state index in [4.69, 9.17) is 10.5 Å². The molecule has 1 aliphatic carbocycles. The third kappa shape index (κ3) is 3.46. The van der Waals surface area contributed by atoms with Gasteiger partial charge < -0.3 is 10.5 Å². The fourth-order valence-corrected chi connectivity index (χ4v) is 3.90. The molecule has 1 fully saturated rings. The Balaban J connectivity index is 2.14. The van der Waals surface area contributed by atoms with Gasteiger partial charge in [0.2, 0.25) is 10.0 Å². The van der Waals surface area contributed by atoms with Gasteiger partial charge in [-0.2, -0.15) is 0 Å². The monoisotopic (exact) mass is 284 g/mol. The molecule has 5 nitrogen and oxygen atoms in total. The quantitative estimate of drug-likeness (QED) is 0.819. The smallest absolute Gasteiger partial charge is 0.240 e. The molecule has 0 heterocycles. The Morgan fingerprint density at radius 2 is 2.05 bits per heavy atom. The summed E-state index contributed by atoms with van der Waals surface area (Å²) in [7, 11) is -1.85. The number of aryl methyl sites for hydroxylation is 1. The van der Waals surface area contributed by atoms with Crippen LogP contribution in [-0.2, 0) is 14.8 Å². The molecule has 2 rings (SSSR count). The average Bonchev–Trinajstić information content (AvgIpc) is 2.74. The summed E-state index contributed by atoms with van der Waals surface area (Å²) < 4.78 is 32.5. The normalized spacial score (nSPS) is 23.7. The minimum absolute atomic E-state index is 0.0586. The van der Waals surface area contributed by atoms with Gasteiger partial charge in [0, 0.05) is 18.8 Å². The van der Waals surface area contributed by atoms with Crippen molar-refractivity contribution in [1.29, 1.82) is 0 Å². The van der Waals surface area contributed by atoms with Crippen LogP contribution < -0.4 is 10.5 Å². The van der Waals surface area contributed by atoms with Gasteiger partial charge in [-0.15, -0.1) is 0 Å². The Hall–Kier alpha value is -1.11. The average molecular weight is 284 g/mol. The predicted octanol–water partition coefficient (Wildman–Crippen LogP) is 1.42. The van der Waals surface area contributed by atoms with E-state index in [1.54, 1.807) is 19.2 Å².